The van der Waals surface area contributed by atoms with E-state index in [1.165, 1.54) is 0 Å². The number of hydrogen-bond donors (Lipinski definition) is 0. The maximum Gasteiger partial charge on any atom is 0.367 e. The van der Waals surface area contributed by atoms with Gasteiger partial charge in [-0.25, -0.2) is 9.78 Å². The van der Waals surface area contributed by atoms with Gasteiger partial charge in [0.15, 0.2) is 5.43 Å². The zero-order chi connectivity index (χ0) is 21.1. The third-order valence-corrected chi connectivity index (χ3v) is 5.42. The molecule has 0 saturated heterocycles. The van der Waals surface area contributed by atoms with Crippen molar-refractivity contribution in [2.75, 3.05) is 6.61 Å². The van der Waals surface area contributed by atoms with E-state index in [0.29, 0.717) is 27.5 Å². The summed E-state index contributed by atoms with van der Waals surface area (Å²) in [5, 5.41) is 2.97. The van der Waals surface area contributed by atoms with E-state index < -0.39 is 11.9 Å². The Bertz CT molecular complexity index is 1250. The molecule has 30 heavy (non-hydrogen) atoms. The summed E-state index contributed by atoms with van der Waals surface area (Å²) in [6, 6.07) is 14.4. The first-order valence-corrected chi connectivity index (χ1v) is 10.2. The van der Waals surface area contributed by atoms with E-state index in [2.05, 4.69) is 4.98 Å². The first kappa shape index (κ1) is 19.8. The van der Waals surface area contributed by atoms with Gasteiger partial charge in [-0.3, -0.25) is 9.59 Å². The summed E-state index contributed by atoms with van der Waals surface area (Å²) in [5.41, 5.74) is 1.73. The van der Waals surface area contributed by atoms with Gasteiger partial charge in [-0.15, -0.1) is 11.3 Å². The van der Waals surface area contributed by atoms with Crippen LogP contribution >= 0.6 is 11.3 Å². The molecule has 7 nitrogen and oxygen atoms in total. The fourth-order valence-electron chi connectivity index (χ4n) is 3.24. The van der Waals surface area contributed by atoms with E-state index in [9.17, 15) is 14.4 Å². The summed E-state index contributed by atoms with van der Waals surface area (Å²) in [5.74, 6) is -0.967. The quantitative estimate of drug-likeness (QED) is 0.349. The number of thiazole rings is 1. The summed E-state index contributed by atoms with van der Waals surface area (Å²) in [4.78, 5) is 41.2. The minimum absolute atomic E-state index is 0.0508. The van der Waals surface area contributed by atoms with E-state index in [1.807, 2.05) is 24.3 Å². The Kier molecular flexibility index (Phi) is 5.58. The average molecular weight is 422 g/mol. The van der Waals surface area contributed by atoms with Gasteiger partial charge in [-0.1, -0.05) is 24.3 Å². The van der Waals surface area contributed by atoms with Crippen molar-refractivity contribution in [2.45, 2.75) is 20.1 Å². The maximum atomic E-state index is 12.8. The molecule has 0 unspecified atom stereocenters. The van der Waals surface area contributed by atoms with Gasteiger partial charge in [0.2, 0.25) is 5.01 Å². The van der Waals surface area contributed by atoms with Crippen molar-refractivity contribution in [2.24, 2.45) is 0 Å². The van der Waals surface area contributed by atoms with Crippen LogP contribution in [0, 0.1) is 0 Å². The number of ether oxygens (including phenoxy) is 2. The third-order valence-electron chi connectivity index (χ3n) is 4.55. The zero-order valence-corrected chi connectivity index (χ0v) is 17.0. The van der Waals surface area contributed by atoms with Crippen molar-refractivity contribution < 1.29 is 19.1 Å². The second kappa shape index (κ2) is 8.46. The van der Waals surface area contributed by atoms with Gasteiger partial charge < -0.3 is 14.0 Å². The lowest BCUT2D eigenvalue weighted by Gasteiger charge is -2.14. The SMILES string of the molecule is CCOC(=O)c1nc(COC(=O)Cn2c3ccccc3c(=O)c3ccccc32)cs1. The molecule has 0 atom stereocenters. The number of nitrogens with zero attached hydrogens (tertiary/aromatic N) is 2. The fraction of sp³-hybridized carbons (Fsp3) is 0.182. The van der Waals surface area contributed by atoms with Crippen molar-refractivity contribution in [3.8, 4) is 0 Å². The molecule has 0 radical (unpaired) electrons. The van der Waals surface area contributed by atoms with E-state index in [-0.39, 0.29) is 30.2 Å². The summed E-state index contributed by atoms with van der Waals surface area (Å²) >= 11 is 1.14. The lowest BCUT2D eigenvalue weighted by molar-refractivity contribution is -0.145. The Morgan fingerprint density at radius 3 is 2.27 bits per heavy atom. The van der Waals surface area contributed by atoms with Gasteiger partial charge in [0, 0.05) is 16.2 Å². The molecule has 0 amide bonds. The summed E-state index contributed by atoms with van der Waals surface area (Å²) in [7, 11) is 0. The molecule has 2 aromatic carbocycles. The van der Waals surface area contributed by atoms with Crippen LogP contribution in [0.25, 0.3) is 21.8 Å². The van der Waals surface area contributed by atoms with Crippen LogP contribution in [0.5, 0.6) is 0 Å². The molecule has 0 fully saturated rings. The predicted octanol–water partition coefficient (Wildman–Crippen LogP) is 3.53. The van der Waals surface area contributed by atoms with E-state index >= 15 is 0 Å². The van der Waals surface area contributed by atoms with Gasteiger partial charge in [-0.2, -0.15) is 0 Å². The number of benzene rings is 2. The first-order chi connectivity index (χ1) is 14.6. The van der Waals surface area contributed by atoms with Gasteiger partial charge in [0.25, 0.3) is 0 Å². The van der Waals surface area contributed by atoms with Crippen molar-refractivity contribution in [1.82, 2.24) is 9.55 Å². The smallest absolute Gasteiger partial charge is 0.367 e. The monoisotopic (exact) mass is 422 g/mol. The Labute approximate surface area is 175 Å². The van der Waals surface area contributed by atoms with Crippen LogP contribution in [-0.2, 0) is 27.4 Å². The number of aromatic nitrogens is 2. The highest BCUT2D eigenvalue weighted by Gasteiger charge is 2.15. The van der Waals surface area contributed by atoms with Crippen LogP contribution in [0.1, 0.15) is 22.4 Å². The van der Waals surface area contributed by atoms with Crippen molar-refractivity contribution in [3.63, 3.8) is 0 Å². The van der Waals surface area contributed by atoms with E-state index in [0.717, 1.165) is 11.3 Å². The van der Waals surface area contributed by atoms with Crippen LogP contribution in [0.3, 0.4) is 0 Å². The topological polar surface area (TPSA) is 87.5 Å². The lowest BCUT2D eigenvalue weighted by Crippen LogP contribution is -2.18. The molecule has 2 heterocycles. The molecule has 4 rings (SSSR count). The molecule has 0 bridgehead atoms. The number of carbonyl (C=O) groups excluding carboxylic acids is 2. The standard InChI is InChI=1S/C22H18N2O5S/c1-2-28-22(27)21-23-14(13-30-21)12-29-19(25)11-24-17-9-5-3-7-15(17)20(26)16-8-4-6-10-18(16)24/h3-10,13H,2,11-12H2,1H3. The molecule has 0 aliphatic carbocycles. The van der Waals surface area contributed by atoms with Gasteiger partial charge in [0.05, 0.1) is 23.3 Å². The minimum atomic E-state index is -0.494. The molecular formula is C22H18N2O5S. The molecule has 0 N–H and O–H groups in total. The van der Waals surface area contributed by atoms with E-state index in [4.69, 9.17) is 9.47 Å². The largest absolute Gasteiger partial charge is 0.461 e. The second-order valence-corrected chi connectivity index (χ2v) is 7.33. The highest BCUT2D eigenvalue weighted by Crippen LogP contribution is 2.19. The van der Waals surface area contributed by atoms with Crippen molar-refractivity contribution >= 4 is 45.1 Å². The number of fused-ring (bicyclic) bond motifs is 2. The predicted molar refractivity (Wildman–Crippen MR) is 114 cm³/mol. The van der Waals surface area contributed by atoms with Gasteiger partial charge in [0.1, 0.15) is 13.2 Å². The molecule has 152 valence electrons. The fourth-order valence-corrected chi connectivity index (χ4v) is 3.93. The summed E-state index contributed by atoms with van der Waals surface area (Å²) in [6.07, 6.45) is 0. The highest BCUT2D eigenvalue weighted by atomic mass is 32.1. The van der Waals surface area contributed by atoms with Crippen LogP contribution in [0.2, 0.25) is 0 Å². The Morgan fingerprint density at radius 2 is 1.63 bits per heavy atom. The zero-order valence-electron chi connectivity index (χ0n) is 16.2. The number of para-hydroxylation sites is 2. The highest BCUT2D eigenvalue weighted by molar-refractivity contribution is 7.11. The van der Waals surface area contributed by atoms with E-state index in [1.54, 1.807) is 41.1 Å². The number of carbonyl (C=O) groups is 2. The molecular weight excluding hydrogens is 404 g/mol. The van der Waals surface area contributed by atoms with Gasteiger partial charge >= 0.3 is 11.9 Å². The van der Waals surface area contributed by atoms with Crippen molar-refractivity contribution in [1.29, 1.82) is 0 Å². The molecule has 2 aromatic heterocycles. The minimum Gasteiger partial charge on any atom is -0.461 e. The summed E-state index contributed by atoms with van der Waals surface area (Å²) < 4.78 is 12.1. The van der Waals surface area contributed by atoms with Crippen LogP contribution in [0.15, 0.2) is 58.7 Å². The third kappa shape index (κ3) is 3.81. The molecule has 4 aromatic rings. The summed E-state index contributed by atoms with van der Waals surface area (Å²) in [6.45, 7) is 1.88. The second-order valence-electron chi connectivity index (χ2n) is 6.47. The number of rotatable bonds is 6. The molecule has 8 heteroatoms. The Hall–Kier alpha value is -3.52. The number of esters is 2. The number of pyridine rings is 1. The van der Waals surface area contributed by atoms with Crippen LogP contribution in [-0.4, -0.2) is 28.1 Å². The molecule has 0 aliphatic rings. The first-order valence-electron chi connectivity index (χ1n) is 9.36. The normalized spacial score (nSPS) is 11.0. The maximum absolute atomic E-state index is 12.8. The molecule has 0 aliphatic heterocycles. The lowest BCUT2D eigenvalue weighted by atomic mass is 10.1. The molecule has 0 saturated carbocycles. The van der Waals surface area contributed by atoms with Crippen LogP contribution < -0.4 is 5.43 Å². The number of hydrogen-bond acceptors (Lipinski definition) is 7. The Morgan fingerprint density at radius 1 is 1.00 bits per heavy atom. The van der Waals surface area contributed by atoms with Gasteiger partial charge in [-0.05, 0) is 31.2 Å². The Balaban J connectivity index is 1.57. The average Bonchev–Trinajstić information content (AvgIpc) is 3.25. The molecule has 0 spiro atoms. The van der Waals surface area contributed by atoms with Crippen molar-refractivity contribution in [3.05, 3.63) is 74.8 Å². The van der Waals surface area contributed by atoms with Crippen LogP contribution in [0.4, 0.5) is 0 Å².